The minimum atomic E-state index is -0.722. The molecule has 0 aliphatic heterocycles. The van der Waals surface area contributed by atoms with Crippen molar-refractivity contribution in [1.29, 1.82) is 0 Å². The molecule has 0 radical (unpaired) electrons. The minimum absolute atomic E-state index is 0.0376. The first-order chi connectivity index (χ1) is 16.4. The van der Waals surface area contributed by atoms with Crippen molar-refractivity contribution in [3.63, 3.8) is 0 Å². The maximum Gasteiger partial charge on any atom is 0.326 e. The van der Waals surface area contributed by atoms with Gasteiger partial charge >= 0.3 is 5.97 Å². The Labute approximate surface area is 195 Å². The van der Waals surface area contributed by atoms with Crippen LogP contribution in [0.2, 0.25) is 0 Å². The van der Waals surface area contributed by atoms with Crippen LogP contribution in [-0.4, -0.2) is 47.7 Å². The highest BCUT2D eigenvalue weighted by atomic mass is 16.5. The first kappa shape index (κ1) is 24.2. The van der Waals surface area contributed by atoms with Crippen LogP contribution in [0, 0.1) is 0 Å². The predicted molar refractivity (Wildman–Crippen MR) is 125 cm³/mol. The van der Waals surface area contributed by atoms with E-state index in [1.807, 2.05) is 12.1 Å². The number of carbonyl (C=O) groups excluding carboxylic acids is 3. The Morgan fingerprint density at radius 1 is 1.12 bits per heavy atom. The molecule has 10 nitrogen and oxygen atoms in total. The Balaban J connectivity index is 1.67. The van der Waals surface area contributed by atoms with Gasteiger partial charge in [-0.05, 0) is 25.1 Å². The Morgan fingerprint density at radius 2 is 1.85 bits per heavy atom. The lowest BCUT2D eigenvalue weighted by atomic mass is 10.2. The van der Waals surface area contributed by atoms with Gasteiger partial charge in [0.2, 0.25) is 11.8 Å². The molecule has 34 heavy (non-hydrogen) atoms. The fourth-order valence-corrected chi connectivity index (χ4v) is 3.20. The summed E-state index contributed by atoms with van der Waals surface area (Å²) in [6.07, 6.45) is 2.84. The third-order valence-electron chi connectivity index (χ3n) is 4.74. The average Bonchev–Trinajstić information content (AvgIpc) is 3.11. The van der Waals surface area contributed by atoms with Crippen molar-refractivity contribution >= 4 is 40.4 Å². The molecule has 0 aliphatic rings. The first-order valence-electron chi connectivity index (χ1n) is 10.4. The number of methoxy groups -OCH3 is 1. The van der Waals surface area contributed by atoms with Crippen LogP contribution in [0.5, 0.6) is 11.6 Å². The molecule has 0 saturated heterocycles. The number of carbonyl (C=O) groups is 3. The summed E-state index contributed by atoms with van der Waals surface area (Å²) >= 11 is 0. The van der Waals surface area contributed by atoms with E-state index in [0.29, 0.717) is 22.2 Å². The lowest BCUT2D eigenvalue weighted by molar-refractivity contribution is -0.143. The number of amides is 2. The fraction of sp³-hybridized carbons (Fsp3) is 0.208. The number of azo groups is 1. The molecule has 0 atom stereocenters. The number of para-hydroxylation sites is 2. The Kier molecular flexibility index (Phi) is 8.11. The monoisotopic (exact) mass is 464 g/mol. The lowest BCUT2D eigenvalue weighted by Crippen LogP contribution is -2.26. The van der Waals surface area contributed by atoms with Crippen molar-refractivity contribution in [3.05, 3.63) is 60.2 Å². The second-order valence-corrected chi connectivity index (χ2v) is 6.97. The predicted octanol–water partition coefficient (Wildman–Crippen LogP) is 3.36. The molecule has 1 aromatic heterocycles. The van der Waals surface area contributed by atoms with E-state index in [0.717, 1.165) is 0 Å². The maximum atomic E-state index is 12.1. The minimum Gasteiger partial charge on any atom is -0.496 e. The Bertz CT molecular complexity index is 1260. The van der Waals surface area contributed by atoms with Crippen LogP contribution in [-0.2, 0) is 25.7 Å². The van der Waals surface area contributed by atoms with Gasteiger partial charge in [0.1, 0.15) is 18.8 Å². The highest BCUT2D eigenvalue weighted by Crippen LogP contribution is 2.38. The molecule has 2 N–H and O–H groups in total. The quantitative estimate of drug-likeness (QED) is 0.284. The van der Waals surface area contributed by atoms with Gasteiger partial charge in [-0.2, -0.15) is 0 Å². The molecule has 176 valence electrons. The van der Waals surface area contributed by atoms with Crippen LogP contribution >= 0.6 is 0 Å². The Morgan fingerprint density at radius 3 is 2.62 bits per heavy atom. The van der Waals surface area contributed by atoms with Gasteiger partial charge in [0.15, 0.2) is 5.69 Å². The fourth-order valence-electron chi connectivity index (χ4n) is 3.20. The number of fused-ring (bicyclic) bond motifs is 1. The number of rotatable bonds is 9. The van der Waals surface area contributed by atoms with Gasteiger partial charge in [-0.1, -0.05) is 36.4 Å². The number of hydrogen-bond acceptors (Lipinski definition) is 7. The number of esters is 1. The summed E-state index contributed by atoms with van der Waals surface area (Å²) < 4.78 is 11.5. The molecule has 0 bridgehead atoms. The molecular formula is C24H24N4O6. The third-order valence-corrected chi connectivity index (χ3v) is 4.74. The van der Waals surface area contributed by atoms with E-state index in [-0.39, 0.29) is 31.3 Å². The molecule has 0 saturated carbocycles. The van der Waals surface area contributed by atoms with Crippen molar-refractivity contribution in [3.8, 4) is 11.6 Å². The van der Waals surface area contributed by atoms with Crippen molar-refractivity contribution < 1.29 is 29.0 Å². The SMILES string of the molecule is CCOC(=O)Cn1c(O)c(N=NC(=O)CNC(=O)/C=C/c2ccccc2OC)c2ccccc21. The molecule has 0 unspecified atom stereocenters. The van der Waals surface area contributed by atoms with E-state index >= 15 is 0 Å². The zero-order chi connectivity index (χ0) is 24.5. The third kappa shape index (κ3) is 5.85. The summed E-state index contributed by atoms with van der Waals surface area (Å²) in [4.78, 5) is 36.1. The molecule has 0 aliphatic carbocycles. The van der Waals surface area contributed by atoms with Gasteiger partial charge in [0, 0.05) is 17.0 Å². The largest absolute Gasteiger partial charge is 0.496 e. The second kappa shape index (κ2) is 11.4. The van der Waals surface area contributed by atoms with E-state index in [1.165, 1.54) is 17.8 Å². The topological polar surface area (TPSA) is 132 Å². The standard InChI is InChI=1S/C24H24N4O6/c1-3-34-22(31)15-28-18-10-6-5-9-17(18)23(24(28)32)27-26-21(30)14-25-20(29)13-12-16-8-4-7-11-19(16)33-2/h4-13,32H,3,14-15H2,1-2H3,(H,25,29)/b13-12+,27-26?. The lowest BCUT2D eigenvalue weighted by Gasteiger charge is -2.06. The van der Waals surface area contributed by atoms with E-state index in [4.69, 9.17) is 9.47 Å². The molecule has 3 aromatic rings. The average molecular weight is 464 g/mol. The normalized spacial score (nSPS) is 11.2. The van der Waals surface area contributed by atoms with Gasteiger partial charge in [-0.15, -0.1) is 10.2 Å². The number of hydrogen-bond donors (Lipinski definition) is 2. The molecule has 0 fully saturated rings. The van der Waals surface area contributed by atoms with Crippen LogP contribution in [0.1, 0.15) is 12.5 Å². The van der Waals surface area contributed by atoms with Crippen LogP contribution in [0.4, 0.5) is 5.69 Å². The zero-order valence-corrected chi connectivity index (χ0v) is 18.7. The molecule has 1 heterocycles. The maximum absolute atomic E-state index is 12.1. The molecule has 0 spiro atoms. The second-order valence-electron chi connectivity index (χ2n) is 6.97. The van der Waals surface area contributed by atoms with Crippen LogP contribution < -0.4 is 10.1 Å². The smallest absolute Gasteiger partial charge is 0.326 e. The van der Waals surface area contributed by atoms with Gasteiger partial charge in [0.25, 0.3) is 5.91 Å². The zero-order valence-electron chi connectivity index (χ0n) is 18.7. The number of aromatic hydroxyl groups is 1. The van der Waals surface area contributed by atoms with Crippen molar-refractivity contribution in [1.82, 2.24) is 9.88 Å². The van der Waals surface area contributed by atoms with E-state index in [2.05, 4.69) is 15.5 Å². The van der Waals surface area contributed by atoms with Crippen molar-refractivity contribution in [2.24, 2.45) is 10.2 Å². The summed E-state index contributed by atoms with van der Waals surface area (Å²) in [6.45, 7) is 1.28. The molecular weight excluding hydrogens is 440 g/mol. The van der Waals surface area contributed by atoms with Gasteiger partial charge in [-0.3, -0.25) is 19.0 Å². The summed E-state index contributed by atoms with van der Waals surface area (Å²) in [7, 11) is 1.53. The summed E-state index contributed by atoms with van der Waals surface area (Å²) in [5.41, 5.74) is 1.28. The Hall–Kier alpha value is -4.47. The summed E-state index contributed by atoms with van der Waals surface area (Å²) in [6, 6.07) is 14.0. The number of nitrogens with one attached hydrogen (secondary N) is 1. The molecule has 3 rings (SSSR count). The van der Waals surface area contributed by atoms with Gasteiger partial charge in [0.05, 0.1) is 19.2 Å². The number of nitrogens with zero attached hydrogens (tertiary/aromatic N) is 3. The number of benzene rings is 2. The van der Waals surface area contributed by atoms with Gasteiger partial charge < -0.3 is 19.9 Å². The molecule has 2 amide bonds. The van der Waals surface area contributed by atoms with Gasteiger partial charge in [-0.25, -0.2) is 0 Å². The van der Waals surface area contributed by atoms with Crippen LogP contribution in [0.25, 0.3) is 17.0 Å². The molecule has 2 aromatic carbocycles. The van der Waals surface area contributed by atoms with Crippen molar-refractivity contribution in [2.75, 3.05) is 20.3 Å². The van der Waals surface area contributed by atoms with Crippen LogP contribution in [0.15, 0.2) is 64.8 Å². The van der Waals surface area contributed by atoms with Crippen LogP contribution in [0.3, 0.4) is 0 Å². The van der Waals surface area contributed by atoms with E-state index < -0.39 is 17.8 Å². The number of ether oxygens (including phenoxy) is 2. The highest BCUT2D eigenvalue weighted by molar-refractivity contribution is 5.97. The van der Waals surface area contributed by atoms with E-state index in [9.17, 15) is 19.5 Å². The van der Waals surface area contributed by atoms with Crippen molar-refractivity contribution in [2.45, 2.75) is 13.5 Å². The number of aromatic nitrogens is 1. The summed E-state index contributed by atoms with van der Waals surface area (Å²) in [5.74, 6) is -1.46. The summed E-state index contributed by atoms with van der Waals surface area (Å²) in [5, 5.41) is 21.0. The highest BCUT2D eigenvalue weighted by Gasteiger charge is 2.19. The first-order valence-corrected chi connectivity index (χ1v) is 10.4. The van der Waals surface area contributed by atoms with E-state index in [1.54, 1.807) is 49.4 Å². The molecule has 10 heteroatoms.